The van der Waals surface area contributed by atoms with Gasteiger partial charge >= 0.3 is 0 Å². The number of nitrogens with zero attached hydrogens (tertiary/aromatic N) is 3. The van der Waals surface area contributed by atoms with Gasteiger partial charge in [-0.3, -0.25) is 4.79 Å². The lowest BCUT2D eigenvalue weighted by Crippen LogP contribution is -2.01. The van der Waals surface area contributed by atoms with E-state index in [9.17, 15) is 4.79 Å². The fourth-order valence-electron chi connectivity index (χ4n) is 2.32. The average molecular weight is 312 g/mol. The summed E-state index contributed by atoms with van der Waals surface area (Å²) in [5, 5.41) is 8.64. The van der Waals surface area contributed by atoms with Crippen LogP contribution in [0.15, 0.2) is 42.5 Å². The Morgan fingerprint density at radius 1 is 1.09 bits per heavy atom. The number of benzene rings is 2. The van der Waals surface area contributed by atoms with E-state index >= 15 is 0 Å². The van der Waals surface area contributed by atoms with E-state index in [-0.39, 0.29) is 5.69 Å². The van der Waals surface area contributed by atoms with Gasteiger partial charge in [0.1, 0.15) is 5.69 Å². The van der Waals surface area contributed by atoms with Crippen LogP contribution in [0.25, 0.3) is 16.9 Å². The molecule has 22 heavy (non-hydrogen) atoms. The minimum absolute atomic E-state index is 0.270. The van der Waals surface area contributed by atoms with Crippen LogP contribution in [0.2, 0.25) is 5.02 Å². The molecule has 0 N–H and O–H groups in total. The molecule has 3 rings (SSSR count). The molecule has 0 bridgehead atoms. The molecule has 0 aliphatic rings. The molecule has 3 aromatic rings. The molecule has 0 spiro atoms. The average Bonchev–Trinajstić information content (AvgIpc) is 2.94. The fourth-order valence-corrected chi connectivity index (χ4v) is 2.54. The van der Waals surface area contributed by atoms with Crippen molar-refractivity contribution in [1.82, 2.24) is 15.0 Å². The van der Waals surface area contributed by atoms with Gasteiger partial charge in [-0.15, -0.1) is 5.10 Å². The smallest absolute Gasteiger partial charge is 0.172 e. The number of aromatic nitrogens is 3. The Balaban J connectivity index is 2.26. The molecule has 1 aromatic heterocycles. The third kappa shape index (κ3) is 2.42. The highest BCUT2D eigenvalue weighted by molar-refractivity contribution is 6.33. The number of rotatable bonds is 3. The van der Waals surface area contributed by atoms with Crippen molar-refractivity contribution in [2.75, 3.05) is 0 Å². The van der Waals surface area contributed by atoms with Crippen LogP contribution in [0.1, 0.15) is 21.6 Å². The Morgan fingerprint density at radius 2 is 1.86 bits per heavy atom. The van der Waals surface area contributed by atoms with Gasteiger partial charge in [-0.05, 0) is 43.2 Å². The predicted octanol–water partition coefficient (Wildman–Crippen LogP) is 4.02. The second kappa shape index (κ2) is 5.73. The number of hydrogen-bond donors (Lipinski definition) is 0. The summed E-state index contributed by atoms with van der Waals surface area (Å²) in [6.45, 7) is 4.08. The summed E-state index contributed by atoms with van der Waals surface area (Å²) in [5.41, 5.74) is 4.79. The van der Waals surface area contributed by atoms with E-state index < -0.39 is 0 Å². The van der Waals surface area contributed by atoms with Crippen molar-refractivity contribution in [3.63, 3.8) is 0 Å². The summed E-state index contributed by atoms with van der Waals surface area (Å²) in [6.07, 6.45) is 0.698. The van der Waals surface area contributed by atoms with Crippen molar-refractivity contribution in [3.8, 4) is 16.9 Å². The minimum Gasteiger partial charge on any atom is -0.296 e. The molecule has 0 aliphatic carbocycles. The quantitative estimate of drug-likeness (QED) is 0.686. The van der Waals surface area contributed by atoms with Crippen molar-refractivity contribution >= 4 is 17.9 Å². The van der Waals surface area contributed by atoms with Gasteiger partial charge in [-0.2, -0.15) is 0 Å². The zero-order valence-electron chi connectivity index (χ0n) is 12.2. The molecule has 110 valence electrons. The topological polar surface area (TPSA) is 47.8 Å². The molecule has 2 aromatic carbocycles. The molecule has 0 saturated carbocycles. The molecule has 0 fully saturated rings. The summed E-state index contributed by atoms with van der Waals surface area (Å²) < 4.78 is 1.65. The molecular formula is C17H14ClN3O. The summed E-state index contributed by atoms with van der Waals surface area (Å²) in [6, 6.07) is 13.3. The molecule has 0 radical (unpaired) electrons. The Hall–Kier alpha value is -2.46. The normalized spacial score (nSPS) is 10.7. The first-order chi connectivity index (χ1) is 10.6. The van der Waals surface area contributed by atoms with Gasteiger partial charge < -0.3 is 0 Å². The fraction of sp³-hybridized carbons (Fsp3) is 0.118. The largest absolute Gasteiger partial charge is 0.296 e. The number of hydrogen-bond acceptors (Lipinski definition) is 3. The number of halogens is 1. The third-order valence-corrected chi connectivity index (χ3v) is 4.00. The molecule has 4 nitrogen and oxygen atoms in total. The van der Waals surface area contributed by atoms with Gasteiger partial charge in [0.15, 0.2) is 12.0 Å². The Bertz CT molecular complexity index is 855. The molecule has 0 amide bonds. The van der Waals surface area contributed by atoms with Gasteiger partial charge in [0, 0.05) is 5.56 Å². The first kappa shape index (κ1) is 14.5. The summed E-state index contributed by atoms with van der Waals surface area (Å²) in [5.74, 6) is 0. The number of carbonyl (C=O) groups excluding carboxylic acids is 1. The summed E-state index contributed by atoms with van der Waals surface area (Å²) in [4.78, 5) is 11.3. The van der Waals surface area contributed by atoms with Gasteiger partial charge in [-0.1, -0.05) is 41.1 Å². The Labute approximate surface area is 133 Å². The molecule has 0 unspecified atom stereocenters. The molecule has 0 atom stereocenters. The van der Waals surface area contributed by atoms with Crippen LogP contribution in [0.4, 0.5) is 0 Å². The summed E-state index contributed by atoms with van der Waals surface area (Å²) >= 11 is 6.28. The second-order valence-corrected chi connectivity index (χ2v) is 5.51. The van der Waals surface area contributed by atoms with E-state index in [1.165, 1.54) is 5.56 Å². The van der Waals surface area contributed by atoms with E-state index in [2.05, 4.69) is 10.3 Å². The first-order valence-electron chi connectivity index (χ1n) is 6.85. The van der Waals surface area contributed by atoms with Crippen LogP contribution in [0.3, 0.4) is 0 Å². The monoisotopic (exact) mass is 311 g/mol. The predicted molar refractivity (Wildman–Crippen MR) is 86.7 cm³/mol. The molecule has 0 saturated heterocycles. The molecule has 5 heteroatoms. The standard InChI is InChI=1S/C17H14ClN3O/c1-11-7-8-13(9-12(11)2)21-17(16(10-22)19-20-21)14-5-3-4-6-15(14)18/h3-10H,1-2H3. The van der Waals surface area contributed by atoms with E-state index in [0.717, 1.165) is 16.8 Å². The zero-order valence-corrected chi connectivity index (χ0v) is 13.0. The van der Waals surface area contributed by atoms with Crippen molar-refractivity contribution < 1.29 is 4.79 Å². The summed E-state index contributed by atoms with van der Waals surface area (Å²) in [7, 11) is 0. The van der Waals surface area contributed by atoms with Crippen molar-refractivity contribution in [1.29, 1.82) is 0 Å². The van der Waals surface area contributed by atoms with E-state index in [0.29, 0.717) is 17.0 Å². The maximum Gasteiger partial charge on any atom is 0.172 e. The molecular weight excluding hydrogens is 298 g/mol. The van der Waals surface area contributed by atoms with Crippen LogP contribution < -0.4 is 0 Å². The molecule has 0 aliphatic heterocycles. The third-order valence-electron chi connectivity index (χ3n) is 3.67. The van der Waals surface area contributed by atoms with Crippen LogP contribution in [-0.4, -0.2) is 21.3 Å². The zero-order chi connectivity index (χ0) is 15.7. The Morgan fingerprint density at radius 3 is 2.55 bits per heavy atom. The lowest BCUT2D eigenvalue weighted by Gasteiger charge is -2.10. The van der Waals surface area contributed by atoms with E-state index in [1.54, 1.807) is 10.7 Å². The number of aldehydes is 1. The minimum atomic E-state index is 0.270. The van der Waals surface area contributed by atoms with E-state index in [4.69, 9.17) is 11.6 Å². The van der Waals surface area contributed by atoms with Gasteiger partial charge in [0.2, 0.25) is 0 Å². The van der Waals surface area contributed by atoms with Gasteiger partial charge in [0.05, 0.1) is 10.7 Å². The van der Waals surface area contributed by atoms with Crippen molar-refractivity contribution in [3.05, 3.63) is 64.3 Å². The lowest BCUT2D eigenvalue weighted by molar-refractivity contribution is 0.111. The highest BCUT2D eigenvalue weighted by Gasteiger charge is 2.18. The maximum absolute atomic E-state index is 11.3. The number of aryl methyl sites for hydroxylation is 2. The van der Waals surface area contributed by atoms with Crippen LogP contribution in [-0.2, 0) is 0 Å². The van der Waals surface area contributed by atoms with Crippen molar-refractivity contribution in [2.24, 2.45) is 0 Å². The van der Waals surface area contributed by atoms with Crippen LogP contribution in [0.5, 0.6) is 0 Å². The van der Waals surface area contributed by atoms with Crippen LogP contribution in [0, 0.1) is 13.8 Å². The second-order valence-electron chi connectivity index (χ2n) is 5.10. The highest BCUT2D eigenvalue weighted by Crippen LogP contribution is 2.30. The maximum atomic E-state index is 11.3. The first-order valence-corrected chi connectivity index (χ1v) is 7.23. The highest BCUT2D eigenvalue weighted by atomic mass is 35.5. The van der Waals surface area contributed by atoms with Crippen molar-refractivity contribution in [2.45, 2.75) is 13.8 Å². The lowest BCUT2D eigenvalue weighted by atomic mass is 10.1. The number of carbonyl (C=O) groups is 1. The van der Waals surface area contributed by atoms with Gasteiger partial charge in [-0.25, -0.2) is 4.68 Å². The SMILES string of the molecule is Cc1ccc(-n2nnc(C=O)c2-c2ccccc2Cl)cc1C. The van der Waals surface area contributed by atoms with Gasteiger partial charge in [0.25, 0.3) is 0 Å². The molecule has 1 heterocycles. The Kier molecular flexibility index (Phi) is 3.77. The van der Waals surface area contributed by atoms with E-state index in [1.807, 2.05) is 50.2 Å². The van der Waals surface area contributed by atoms with Crippen LogP contribution >= 0.6 is 11.6 Å².